The molecule has 0 unspecified atom stereocenters. The summed E-state index contributed by atoms with van der Waals surface area (Å²) < 4.78 is 31.9. The lowest BCUT2D eigenvalue weighted by Crippen LogP contribution is -2.29. The maximum absolute atomic E-state index is 13.4. The number of methoxy groups -OCH3 is 1. The molecular formula is C12H14F2O. The first-order valence-corrected chi connectivity index (χ1v) is 5.02. The summed E-state index contributed by atoms with van der Waals surface area (Å²) in [6.07, 6.45) is 1.12. The minimum absolute atomic E-state index is 0.559. The summed E-state index contributed by atoms with van der Waals surface area (Å²) >= 11 is 0. The van der Waals surface area contributed by atoms with E-state index in [1.165, 1.54) is 0 Å². The van der Waals surface area contributed by atoms with Gasteiger partial charge in [-0.2, -0.15) is 0 Å². The van der Waals surface area contributed by atoms with Crippen LogP contribution in [0.3, 0.4) is 0 Å². The highest BCUT2D eigenvalue weighted by atomic mass is 19.3. The zero-order chi connectivity index (χ0) is 11.1. The molecule has 15 heavy (non-hydrogen) atoms. The van der Waals surface area contributed by atoms with E-state index in [-0.39, 0.29) is 0 Å². The fourth-order valence-electron chi connectivity index (χ4n) is 2.03. The molecule has 3 heteroatoms. The molecule has 0 aromatic heterocycles. The van der Waals surface area contributed by atoms with Gasteiger partial charge in [-0.05, 0) is 30.5 Å². The average molecular weight is 212 g/mol. The largest absolute Gasteiger partial charge is 0.497 e. The van der Waals surface area contributed by atoms with E-state index in [4.69, 9.17) is 4.74 Å². The van der Waals surface area contributed by atoms with Crippen molar-refractivity contribution in [1.82, 2.24) is 0 Å². The fourth-order valence-corrected chi connectivity index (χ4v) is 2.03. The van der Waals surface area contributed by atoms with Crippen LogP contribution in [0.15, 0.2) is 24.3 Å². The van der Waals surface area contributed by atoms with Gasteiger partial charge < -0.3 is 4.74 Å². The molecule has 1 nitrogen and oxygen atoms in total. The summed E-state index contributed by atoms with van der Waals surface area (Å²) in [6.45, 7) is 0.999. The molecule has 1 fully saturated rings. The van der Waals surface area contributed by atoms with Gasteiger partial charge in [0.1, 0.15) is 5.75 Å². The standard InChI is InChI=1S/C12H14F2O/c1-11(13,14)12(6-7-12)9-4-3-5-10(8-9)15-2/h3-5,8H,6-7H2,1-2H3. The summed E-state index contributed by atoms with van der Waals surface area (Å²) in [5, 5.41) is 0. The van der Waals surface area contributed by atoms with Gasteiger partial charge in [0, 0.05) is 6.92 Å². The van der Waals surface area contributed by atoms with Crippen LogP contribution < -0.4 is 4.74 Å². The Morgan fingerprint density at radius 1 is 1.33 bits per heavy atom. The number of benzene rings is 1. The lowest BCUT2D eigenvalue weighted by molar-refractivity contribution is -0.0200. The lowest BCUT2D eigenvalue weighted by atomic mass is 9.90. The third kappa shape index (κ3) is 1.60. The van der Waals surface area contributed by atoms with Crippen LogP contribution in [-0.4, -0.2) is 13.0 Å². The topological polar surface area (TPSA) is 9.23 Å². The normalized spacial score (nSPS) is 18.7. The minimum atomic E-state index is -2.65. The molecule has 0 spiro atoms. The molecule has 1 saturated carbocycles. The van der Waals surface area contributed by atoms with Crippen molar-refractivity contribution in [3.8, 4) is 5.75 Å². The molecule has 1 aromatic rings. The van der Waals surface area contributed by atoms with Gasteiger partial charge in [-0.1, -0.05) is 12.1 Å². The molecule has 0 bridgehead atoms. The van der Waals surface area contributed by atoms with Crippen LogP contribution in [0.2, 0.25) is 0 Å². The predicted octanol–water partition coefficient (Wildman–Crippen LogP) is 3.38. The van der Waals surface area contributed by atoms with Gasteiger partial charge in [-0.3, -0.25) is 0 Å². The number of hydrogen-bond acceptors (Lipinski definition) is 1. The van der Waals surface area contributed by atoms with Crippen LogP contribution in [0.5, 0.6) is 5.75 Å². The minimum Gasteiger partial charge on any atom is -0.497 e. The van der Waals surface area contributed by atoms with Crippen LogP contribution in [0.25, 0.3) is 0 Å². The van der Waals surface area contributed by atoms with Gasteiger partial charge in [0.05, 0.1) is 12.5 Å². The van der Waals surface area contributed by atoms with E-state index in [9.17, 15) is 8.78 Å². The van der Waals surface area contributed by atoms with Crippen LogP contribution in [0, 0.1) is 0 Å². The third-order valence-electron chi connectivity index (χ3n) is 3.21. The summed E-state index contributed by atoms with van der Waals surface area (Å²) in [6, 6.07) is 7.00. The molecule has 0 radical (unpaired) electrons. The molecule has 1 aliphatic rings. The molecule has 0 N–H and O–H groups in total. The first-order valence-electron chi connectivity index (χ1n) is 5.02. The Morgan fingerprint density at radius 2 is 2.00 bits per heavy atom. The highest BCUT2D eigenvalue weighted by molar-refractivity contribution is 5.39. The van der Waals surface area contributed by atoms with E-state index < -0.39 is 11.3 Å². The zero-order valence-electron chi connectivity index (χ0n) is 8.89. The molecule has 0 saturated heterocycles. The van der Waals surface area contributed by atoms with Crippen LogP contribution in [0.4, 0.5) is 8.78 Å². The maximum Gasteiger partial charge on any atom is 0.254 e. The number of ether oxygens (including phenoxy) is 1. The van der Waals surface area contributed by atoms with Crippen LogP contribution >= 0.6 is 0 Å². The first kappa shape index (κ1) is 10.4. The molecule has 0 heterocycles. The number of rotatable bonds is 3. The lowest BCUT2D eigenvalue weighted by Gasteiger charge is -2.23. The second-order valence-electron chi connectivity index (χ2n) is 4.20. The second-order valence-corrected chi connectivity index (χ2v) is 4.20. The van der Waals surface area contributed by atoms with Crippen molar-refractivity contribution in [1.29, 1.82) is 0 Å². The molecule has 0 atom stereocenters. The fraction of sp³-hybridized carbons (Fsp3) is 0.500. The zero-order valence-corrected chi connectivity index (χ0v) is 8.89. The van der Waals surface area contributed by atoms with E-state index in [0.717, 1.165) is 6.92 Å². The van der Waals surface area contributed by atoms with Gasteiger partial charge in [-0.15, -0.1) is 0 Å². The average Bonchev–Trinajstić information content (AvgIpc) is 2.97. The van der Waals surface area contributed by atoms with Crippen molar-refractivity contribution in [3.05, 3.63) is 29.8 Å². The van der Waals surface area contributed by atoms with E-state index in [1.54, 1.807) is 31.4 Å². The van der Waals surface area contributed by atoms with E-state index >= 15 is 0 Å². The van der Waals surface area contributed by atoms with Crippen molar-refractivity contribution >= 4 is 0 Å². The maximum atomic E-state index is 13.4. The van der Waals surface area contributed by atoms with Crippen molar-refractivity contribution in [3.63, 3.8) is 0 Å². The Labute approximate surface area is 88.1 Å². The summed E-state index contributed by atoms with van der Waals surface area (Å²) in [4.78, 5) is 0. The van der Waals surface area contributed by atoms with Gasteiger partial charge in [0.25, 0.3) is 5.92 Å². The SMILES string of the molecule is COc1cccc(C2(C(C)(F)F)CC2)c1. The van der Waals surface area contributed by atoms with Gasteiger partial charge in [0.15, 0.2) is 0 Å². The van der Waals surface area contributed by atoms with Crippen LogP contribution in [0.1, 0.15) is 25.3 Å². The molecule has 1 aromatic carbocycles. The summed E-state index contributed by atoms with van der Waals surface area (Å²) in [7, 11) is 1.54. The summed E-state index contributed by atoms with van der Waals surface area (Å²) in [5.74, 6) is -2.01. The number of hydrogen-bond donors (Lipinski definition) is 0. The van der Waals surface area contributed by atoms with Gasteiger partial charge in [0.2, 0.25) is 0 Å². The van der Waals surface area contributed by atoms with E-state index in [1.807, 2.05) is 0 Å². The smallest absolute Gasteiger partial charge is 0.254 e. The van der Waals surface area contributed by atoms with Crippen molar-refractivity contribution in [2.24, 2.45) is 0 Å². The van der Waals surface area contributed by atoms with E-state index in [2.05, 4.69) is 0 Å². The Balaban J connectivity index is 2.38. The second kappa shape index (κ2) is 3.19. The molecule has 0 aliphatic heterocycles. The number of alkyl halides is 2. The highest BCUT2D eigenvalue weighted by Crippen LogP contribution is 2.58. The Hall–Kier alpha value is -1.12. The molecular weight excluding hydrogens is 198 g/mol. The third-order valence-corrected chi connectivity index (χ3v) is 3.21. The molecule has 0 amide bonds. The summed E-state index contributed by atoms with van der Waals surface area (Å²) in [5.41, 5.74) is -0.254. The van der Waals surface area contributed by atoms with E-state index in [0.29, 0.717) is 24.2 Å². The Morgan fingerprint density at radius 3 is 2.47 bits per heavy atom. The molecule has 82 valence electrons. The quantitative estimate of drug-likeness (QED) is 0.746. The number of halogens is 2. The van der Waals surface area contributed by atoms with Gasteiger partial charge in [-0.25, -0.2) is 8.78 Å². The first-order chi connectivity index (χ1) is 6.99. The monoisotopic (exact) mass is 212 g/mol. The Kier molecular flexibility index (Phi) is 2.21. The Bertz CT molecular complexity index is 364. The highest BCUT2D eigenvalue weighted by Gasteiger charge is 2.60. The van der Waals surface area contributed by atoms with Gasteiger partial charge >= 0.3 is 0 Å². The van der Waals surface area contributed by atoms with Crippen molar-refractivity contribution < 1.29 is 13.5 Å². The predicted molar refractivity (Wildman–Crippen MR) is 54.5 cm³/mol. The van der Waals surface area contributed by atoms with Crippen molar-refractivity contribution in [2.45, 2.75) is 31.1 Å². The molecule has 1 aliphatic carbocycles. The van der Waals surface area contributed by atoms with Crippen LogP contribution in [-0.2, 0) is 5.41 Å². The molecule has 2 rings (SSSR count). The van der Waals surface area contributed by atoms with Crippen molar-refractivity contribution in [2.75, 3.05) is 7.11 Å².